The van der Waals surface area contributed by atoms with Gasteiger partial charge in [-0.2, -0.15) is 5.10 Å². The second-order valence-electron chi connectivity index (χ2n) is 3.79. The van der Waals surface area contributed by atoms with E-state index in [1.54, 1.807) is 0 Å². The van der Waals surface area contributed by atoms with E-state index < -0.39 is 5.97 Å². The molecule has 0 aliphatic heterocycles. The van der Waals surface area contributed by atoms with Crippen molar-refractivity contribution in [2.45, 2.75) is 26.8 Å². The third-order valence-electron chi connectivity index (χ3n) is 2.42. The van der Waals surface area contributed by atoms with Crippen LogP contribution >= 0.6 is 0 Å². The summed E-state index contributed by atoms with van der Waals surface area (Å²) in [6.07, 6.45) is 0.173. The number of carboxylic acid groups (broad SMARTS) is 1. The van der Waals surface area contributed by atoms with Gasteiger partial charge in [0.1, 0.15) is 0 Å². The van der Waals surface area contributed by atoms with Crippen LogP contribution in [0.15, 0.2) is 0 Å². The van der Waals surface area contributed by atoms with Gasteiger partial charge in [-0.3, -0.25) is 9.89 Å². The highest BCUT2D eigenvalue weighted by Crippen LogP contribution is 2.11. The van der Waals surface area contributed by atoms with Crippen molar-refractivity contribution in [1.82, 2.24) is 15.1 Å². The maximum atomic E-state index is 10.4. The van der Waals surface area contributed by atoms with E-state index in [1.165, 1.54) is 0 Å². The van der Waals surface area contributed by atoms with Crippen LogP contribution in [0, 0.1) is 13.8 Å². The largest absolute Gasteiger partial charge is 0.481 e. The lowest BCUT2D eigenvalue weighted by atomic mass is 10.2. The highest BCUT2D eigenvalue weighted by molar-refractivity contribution is 5.66. The Bertz CT molecular complexity index is 327. The summed E-state index contributed by atoms with van der Waals surface area (Å²) in [7, 11) is 1.91. The van der Waals surface area contributed by atoms with Gasteiger partial charge in [-0.05, 0) is 20.9 Å². The first-order chi connectivity index (χ1) is 7.00. The number of carbonyl (C=O) groups is 1. The average molecular weight is 211 g/mol. The molecule has 0 aliphatic carbocycles. The van der Waals surface area contributed by atoms with E-state index in [1.807, 2.05) is 25.8 Å². The zero-order chi connectivity index (χ0) is 11.4. The maximum Gasteiger partial charge on any atom is 0.304 e. The van der Waals surface area contributed by atoms with Crippen molar-refractivity contribution in [3.63, 3.8) is 0 Å². The van der Waals surface area contributed by atoms with Crippen molar-refractivity contribution in [3.8, 4) is 0 Å². The number of carboxylic acids is 1. The van der Waals surface area contributed by atoms with Gasteiger partial charge in [0.25, 0.3) is 0 Å². The molecule has 0 saturated carbocycles. The fraction of sp³-hybridized carbons (Fsp3) is 0.600. The number of aliphatic carboxylic acids is 1. The minimum atomic E-state index is -0.762. The first kappa shape index (κ1) is 11.7. The summed E-state index contributed by atoms with van der Waals surface area (Å²) in [5.41, 5.74) is 3.19. The lowest BCUT2D eigenvalue weighted by Gasteiger charge is -2.15. The molecule has 1 aromatic heterocycles. The van der Waals surface area contributed by atoms with E-state index in [2.05, 4.69) is 10.2 Å². The van der Waals surface area contributed by atoms with Gasteiger partial charge in [0.15, 0.2) is 0 Å². The number of aryl methyl sites for hydroxylation is 2. The van der Waals surface area contributed by atoms with Crippen molar-refractivity contribution in [1.29, 1.82) is 0 Å². The summed E-state index contributed by atoms with van der Waals surface area (Å²) >= 11 is 0. The first-order valence-electron chi connectivity index (χ1n) is 4.91. The van der Waals surface area contributed by atoms with Crippen LogP contribution in [0.4, 0.5) is 0 Å². The van der Waals surface area contributed by atoms with Gasteiger partial charge in [-0.25, -0.2) is 0 Å². The van der Waals surface area contributed by atoms with Crippen LogP contribution in [0.25, 0.3) is 0 Å². The summed E-state index contributed by atoms with van der Waals surface area (Å²) in [5.74, 6) is -0.762. The standard InChI is InChI=1S/C10H17N3O2/c1-7-9(8(2)12-11-7)6-13(3)5-4-10(14)15/h4-6H2,1-3H3,(H,11,12)(H,14,15). The van der Waals surface area contributed by atoms with E-state index in [-0.39, 0.29) is 6.42 Å². The summed E-state index contributed by atoms with van der Waals surface area (Å²) in [6, 6.07) is 0. The number of nitrogens with zero attached hydrogens (tertiary/aromatic N) is 2. The van der Waals surface area contributed by atoms with Crippen LogP contribution in [0.1, 0.15) is 23.4 Å². The summed E-state index contributed by atoms with van der Waals surface area (Å²) in [4.78, 5) is 12.4. The van der Waals surface area contributed by atoms with Crippen molar-refractivity contribution < 1.29 is 9.90 Å². The molecule has 0 fully saturated rings. The van der Waals surface area contributed by atoms with E-state index in [9.17, 15) is 4.79 Å². The fourth-order valence-corrected chi connectivity index (χ4v) is 1.44. The normalized spacial score (nSPS) is 10.9. The van der Waals surface area contributed by atoms with Crippen LogP contribution < -0.4 is 0 Å². The Morgan fingerprint density at radius 3 is 2.67 bits per heavy atom. The zero-order valence-electron chi connectivity index (χ0n) is 9.37. The lowest BCUT2D eigenvalue weighted by molar-refractivity contribution is -0.137. The number of rotatable bonds is 5. The van der Waals surface area contributed by atoms with Crippen LogP contribution in [0.3, 0.4) is 0 Å². The molecule has 0 aromatic carbocycles. The second-order valence-corrected chi connectivity index (χ2v) is 3.79. The van der Waals surface area contributed by atoms with Gasteiger partial charge < -0.3 is 10.0 Å². The van der Waals surface area contributed by atoms with Gasteiger partial charge in [-0.15, -0.1) is 0 Å². The molecule has 5 heteroatoms. The molecular formula is C10H17N3O2. The summed E-state index contributed by atoms with van der Waals surface area (Å²) < 4.78 is 0. The van der Waals surface area contributed by atoms with Gasteiger partial charge >= 0.3 is 5.97 Å². The molecular weight excluding hydrogens is 194 g/mol. The molecule has 0 radical (unpaired) electrons. The Kier molecular flexibility index (Phi) is 3.85. The van der Waals surface area contributed by atoms with Crippen molar-refractivity contribution in [2.75, 3.05) is 13.6 Å². The number of aromatic nitrogens is 2. The number of H-pyrrole nitrogens is 1. The number of aromatic amines is 1. The molecule has 0 bridgehead atoms. The Labute approximate surface area is 89.1 Å². The van der Waals surface area contributed by atoms with Crippen LogP contribution in [-0.4, -0.2) is 39.8 Å². The number of hydrogen-bond donors (Lipinski definition) is 2. The SMILES string of the molecule is Cc1n[nH]c(C)c1CN(C)CCC(=O)O. The third kappa shape index (κ3) is 3.36. The smallest absolute Gasteiger partial charge is 0.304 e. The summed E-state index contributed by atoms with van der Waals surface area (Å²) in [5, 5.41) is 15.6. The van der Waals surface area contributed by atoms with Crippen LogP contribution in [0.2, 0.25) is 0 Å². The van der Waals surface area contributed by atoms with Crippen LogP contribution in [-0.2, 0) is 11.3 Å². The number of nitrogens with one attached hydrogen (secondary N) is 1. The molecule has 0 unspecified atom stereocenters. The van der Waals surface area contributed by atoms with E-state index >= 15 is 0 Å². The quantitative estimate of drug-likeness (QED) is 0.760. The zero-order valence-corrected chi connectivity index (χ0v) is 9.37. The molecule has 2 N–H and O–H groups in total. The van der Waals surface area contributed by atoms with Crippen molar-refractivity contribution in [2.24, 2.45) is 0 Å². The Balaban J connectivity index is 2.51. The molecule has 0 spiro atoms. The second kappa shape index (κ2) is 4.93. The van der Waals surface area contributed by atoms with E-state index in [0.29, 0.717) is 6.54 Å². The molecule has 0 aliphatic rings. The van der Waals surface area contributed by atoms with Crippen LogP contribution in [0.5, 0.6) is 0 Å². The lowest BCUT2D eigenvalue weighted by Crippen LogP contribution is -2.21. The monoisotopic (exact) mass is 211 g/mol. The minimum Gasteiger partial charge on any atom is -0.481 e. The Morgan fingerprint density at radius 2 is 2.20 bits per heavy atom. The maximum absolute atomic E-state index is 10.4. The molecule has 1 rings (SSSR count). The molecule has 5 nitrogen and oxygen atoms in total. The third-order valence-corrected chi connectivity index (χ3v) is 2.42. The predicted octanol–water partition coefficient (Wildman–Crippen LogP) is 0.933. The minimum absolute atomic E-state index is 0.173. The van der Waals surface area contributed by atoms with Crippen molar-refractivity contribution >= 4 is 5.97 Å². The predicted molar refractivity (Wildman–Crippen MR) is 56.6 cm³/mol. The highest BCUT2D eigenvalue weighted by Gasteiger charge is 2.09. The highest BCUT2D eigenvalue weighted by atomic mass is 16.4. The molecule has 1 heterocycles. The Morgan fingerprint density at radius 1 is 1.53 bits per heavy atom. The summed E-state index contributed by atoms with van der Waals surface area (Å²) in [6.45, 7) is 5.21. The van der Waals surface area contributed by atoms with E-state index in [0.717, 1.165) is 23.5 Å². The van der Waals surface area contributed by atoms with Gasteiger partial charge in [0.2, 0.25) is 0 Å². The molecule has 0 amide bonds. The topological polar surface area (TPSA) is 69.2 Å². The average Bonchev–Trinajstić information content (AvgIpc) is 2.46. The molecule has 0 saturated heterocycles. The van der Waals surface area contributed by atoms with Gasteiger partial charge in [0.05, 0.1) is 12.1 Å². The molecule has 0 atom stereocenters. The van der Waals surface area contributed by atoms with Gasteiger partial charge in [-0.1, -0.05) is 0 Å². The van der Waals surface area contributed by atoms with E-state index in [4.69, 9.17) is 5.11 Å². The molecule has 84 valence electrons. The fourth-order valence-electron chi connectivity index (χ4n) is 1.44. The van der Waals surface area contributed by atoms with Gasteiger partial charge in [0, 0.05) is 24.3 Å². The Hall–Kier alpha value is -1.36. The first-order valence-corrected chi connectivity index (χ1v) is 4.91. The number of hydrogen-bond acceptors (Lipinski definition) is 3. The van der Waals surface area contributed by atoms with Crippen molar-refractivity contribution in [3.05, 3.63) is 17.0 Å². The molecule has 15 heavy (non-hydrogen) atoms. The molecule has 1 aromatic rings.